The van der Waals surface area contributed by atoms with Crippen molar-refractivity contribution in [2.24, 2.45) is 0 Å². The van der Waals surface area contributed by atoms with Crippen molar-refractivity contribution in [3.8, 4) is 0 Å². The highest BCUT2D eigenvalue weighted by molar-refractivity contribution is 6.35. The molecule has 0 aliphatic carbocycles. The van der Waals surface area contributed by atoms with E-state index in [-0.39, 0.29) is 6.04 Å². The van der Waals surface area contributed by atoms with E-state index in [9.17, 15) is 0 Å². The molecule has 0 aliphatic heterocycles. The largest absolute Gasteiger partial charge is 0.306 e. The normalized spacial score (nSPS) is 12.4. The van der Waals surface area contributed by atoms with Crippen LogP contribution in [0.4, 0.5) is 0 Å². The fourth-order valence-corrected chi connectivity index (χ4v) is 2.91. The highest BCUT2D eigenvalue weighted by atomic mass is 35.5. The molecule has 1 unspecified atom stereocenters. The average molecular weight is 308 g/mol. The van der Waals surface area contributed by atoms with Crippen LogP contribution in [0.1, 0.15) is 35.2 Å². The summed E-state index contributed by atoms with van der Waals surface area (Å²) in [5, 5.41) is 4.90. The predicted molar refractivity (Wildman–Crippen MR) is 87.6 cm³/mol. The van der Waals surface area contributed by atoms with Gasteiger partial charge in [-0.25, -0.2) is 0 Å². The van der Waals surface area contributed by atoms with Gasteiger partial charge in [0.05, 0.1) is 0 Å². The molecule has 1 atom stereocenters. The minimum Gasteiger partial charge on any atom is -0.306 e. The fraction of sp³-hybridized carbons (Fsp3) is 0.294. The standard InChI is InChI=1S/C17H19Cl2N/c1-11-7-8-14(12(2)9-11)13(3)20-10-15-16(18)5-4-6-17(15)19/h4-9,13,20H,10H2,1-3H3. The summed E-state index contributed by atoms with van der Waals surface area (Å²) in [7, 11) is 0. The van der Waals surface area contributed by atoms with Crippen LogP contribution in [0.15, 0.2) is 36.4 Å². The minimum atomic E-state index is 0.253. The third-order valence-corrected chi connectivity index (χ3v) is 4.25. The topological polar surface area (TPSA) is 12.0 Å². The number of aryl methyl sites for hydroxylation is 2. The molecule has 0 bridgehead atoms. The first-order chi connectivity index (χ1) is 9.49. The van der Waals surface area contributed by atoms with Gasteiger partial charge in [-0.15, -0.1) is 0 Å². The van der Waals surface area contributed by atoms with Gasteiger partial charge < -0.3 is 5.32 Å². The Morgan fingerprint density at radius 2 is 1.70 bits per heavy atom. The van der Waals surface area contributed by atoms with Gasteiger partial charge in [0, 0.05) is 28.2 Å². The number of hydrogen-bond donors (Lipinski definition) is 1. The van der Waals surface area contributed by atoms with E-state index in [0.29, 0.717) is 16.6 Å². The Kier molecular flexibility index (Phi) is 5.09. The van der Waals surface area contributed by atoms with Crippen molar-refractivity contribution in [1.82, 2.24) is 5.32 Å². The van der Waals surface area contributed by atoms with Gasteiger partial charge in [-0.1, -0.05) is 53.0 Å². The monoisotopic (exact) mass is 307 g/mol. The minimum absolute atomic E-state index is 0.253. The van der Waals surface area contributed by atoms with Gasteiger partial charge in [0.15, 0.2) is 0 Å². The molecule has 2 rings (SSSR count). The van der Waals surface area contributed by atoms with Gasteiger partial charge in [0.25, 0.3) is 0 Å². The maximum Gasteiger partial charge on any atom is 0.0465 e. The molecular formula is C17H19Cl2N. The van der Waals surface area contributed by atoms with Crippen LogP contribution in [0.2, 0.25) is 10.0 Å². The molecule has 0 heterocycles. The summed E-state index contributed by atoms with van der Waals surface area (Å²) in [4.78, 5) is 0. The lowest BCUT2D eigenvalue weighted by molar-refractivity contribution is 0.572. The first-order valence-electron chi connectivity index (χ1n) is 6.72. The molecule has 0 radical (unpaired) electrons. The van der Waals surface area contributed by atoms with E-state index in [4.69, 9.17) is 23.2 Å². The van der Waals surface area contributed by atoms with Crippen molar-refractivity contribution in [2.45, 2.75) is 33.4 Å². The van der Waals surface area contributed by atoms with Crippen LogP contribution in [0.25, 0.3) is 0 Å². The van der Waals surface area contributed by atoms with E-state index in [1.165, 1.54) is 16.7 Å². The van der Waals surface area contributed by atoms with E-state index < -0.39 is 0 Å². The van der Waals surface area contributed by atoms with Gasteiger partial charge in [-0.3, -0.25) is 0 Å². The van der Waals surface area contributed by atoms with E-state index in [2.05, 4.69) is 44.3 Å². The summed E-state index contributed by atoms with van der Waals surface area (Å²) in [5.74, 6) is 0. The molecule has 3 heteroatoms. The second-order valence-corrected chi connectivity index (χ2v) is 5.98. The SMILES string of the molecule is Cc1ccc(C(C)NCc2c(Cl)cccc2Cl)c(C)c1. The molecule has 20 heavy (non-hydrogen) atoms. The maximum absolute atomic E-state index is 6.19. The third kappa shape index (κ3) is 3.54. The van der Waals surface area contributed by atoms with E-state index in [1.54, 1.807) is 0 Å². The Balaban J connectivity index is 2.11. The Morgan fingerprint density at radius 3 is 2.30 bits per heavy atom. The molecule has 0 aliphatic rings. The van der Waals surface area contributed by atoms with Crippen LogP contribution in [0.5, 0.6) is 0 Å². The zero-order valence-electron chi connectivity index (χ0n) is 12.0. The second kappa shape index (κ2) is 6.62. The molecule has 1 N–H and O–H groups in total. The molecule has 0 saturated carbocycles. The first-order valence-corrected chi connectivity index (χ1v) is 7.48. The molecular weight excluding hydrogens is 289 g/mol. The Labute approximate surface area is 130 Å². The number of halogens is 2. The van der Waals surface area contributed by atoms with Crippen molar-refractivity contribution in [3.05, 3.63) is 68.7 Å². The predicted octanol–water partition coefficient (Wildman–Crippen LogP) is 5.46. The Morgan fingerprint density at radius 1 is 1.05 bits per heavy atom. The summed E-state index contributed by atoms with van der Waals surface area (Å²) in [5.41, 5.74) is 4.84. The molecule has 1 nitrogen and oxygen atoms in total. The van der Waals surface area contributed by atoms with E-state index >= 15 is 0 Å². The molecule has 0 fully saturated rings. The van der Waals surface area contributed by atoms with Gasteiger partial charge in [0.2, 0.25) is 0 Å². The molecule has 0 saturated heterocycles. The van der Waals surface area contributed by atoms with Crippen molar-refractivity contribution in [2.75, 3.05) is 0 Å². The Bertz CT molecular complexity index is 588. The number of hydrogen-bond acceptors (Lipinski definition) is 1. The van der Waals surface area contributed by atoms with Crippen LogP contribution >= 0.6 is 23.2 Å². The van der Waals surface area contributed by atoms with Crippen molar-refractivity contribution in [1.29, 1.82) is 0 Å². The summed E-state index contributed by atoms with van der Waals surface area (Å²) in [6.45, 7) is 7.07. The first kappa shape index (κ1) is 15.4. The lowest BCUT2D eigenvalue weighted by atomic mass is 10.00. The van der Waals surface area contributed by atoms with Gasteiger partial charge in [0.1, 0.15) is 0 Å². The van der Waals surface area contributed by atoms with Gasteiger partial charge in [-0.05, 0) is 44.0 Å². The van der Waals surface area contributed by atoms with Crippen molar-refractivity contribution < 1.29 is 0 Å². The molecule has 106 valence electrons. The number of nitrogens with one attached hydrogen (secondary N) is 1. The number of benzene rings is 2. The summed E-state index contributed by atoms with van der Waals surface area (Å²) < 4.78 is 0. The van der Waals surface area contributed by atoms with Gasteiger partial charge in [-0.2, -0.15) is 0 Å². The van der Waals surface area contributed by atoms with Crippen LogP contribution in [0, 0.1) is 13.8 Å². The summed E-state index contributed by atoms with van der Waals surface area (Å²) in [6, 6.07) is 12.4. The van der Waals surface area contributed by atoms with Crippen molar-refractivity contribution >= 4 is 23.2 Å². The third-order valence-electron chi connectivity index (χ3n) is 3.54. The smallest absolute Gasteiger partial charge is 0.0465 e. The molecule has 0 spiro atoms. The zero-order valence-corrected chi connectivity index (χ0v) is 13.5. The average Bonchev–Trinajstić information content (AvgIpc) is 2.37. The zero-order chi connectivity index (χ0) is 14.7. The van der Waals surface area contributed by atoms with E-state index in [0.717, 1.165) is 5.56 Å². The van der Waals surface area contributed by atoms with Crippen LogP contribution in [0.3, 0.4) is 0 Å². The van der Waals surface area contributed by atoms with Crippen molar-refractivity contribution in [3.63, 3.8) is 0 Å². The number of rotatable bonds is 4. The Hall–Kier alpha value is -1.02. The van der Waals surface area contributed by atoms with Crippen LogP contribution in [-0.2, 0) is 6.54 Å². The summed E-state index contributed by atoms with van der Waals surface area (Å²) in [6.07, 6.45) is 0. The molecule has 0 aromatic heterocycles. The fourth-order valence-electron chi connectivity index (χ4n) is 2.38. The molecule has 2 aromatic rings. The molecule has 0 amide bonds. The maximum atomic E-state index is 6.19. The lowest BCUT2D eigenvalue weighted by Gasteiger charge is -2.18. The van der Waals surface area contributed by atoms with Crippen LogP contribution in [-0.4, -0.2) is 0 Å². The van der Waals surface area contributed by atoms with Crippen LogP contribution < -0.4 is 5.32 Å². The quantitative estimate of drug-likeness (QED) is 0.790. The lowest BCUT2D eigenvalue weighted by Crippen LogP contribution is -2.19. The highest BCUT2D eigenvalue weighted by Gasteiger charge is 2.10. The summed E-state index contributed by atoms with van der Waals surface area (Å²) >= 11 is 12.4. The second-order valence-electron chi connectivity index (χ2n) is 5.16. The highest BCUT2D eigenvalue weighted by Crippen LogP contribution is 2.25. The van der Waals surface area contributed by atoms with Gasteiger partial charge >= 0.3 is 0 Å². The van der Waals surface area contributed by atoms with E-state index in [1.807, 2.05) is 18.2 Å². The molecule has 2 aromatic carbocycles.